The molecule has 3 nitrogen and oxygen atoms in total. The lowest BCUT2D eigenvalue weighted by atomic mass is 9.77. The van der Waals surface area contributed by atoms with Gasteiger partial charge in [0.1, 0.15) is 11.5 Å². The number of carbonyl (C=O) groups is 1. The van der Waals surface area contributed by atoms with Crippen LogP contribution in [0.3, 0.4) is 0 Å². The van der Waals surface area contributed by atoms with E-state index in [4.69, 9.17) is 4.74 Å². The Kier molecular flexibility index (Phi) is 4.69. The van der Waals surface area contributed by atoms with Crippen molar-refractivity contribution in [3.63, 3.8) is 0 Å². The highest BCUT2D eigenvalue weighted by atomic mass is 16.5. The van der Waals surface area contributed by atoms with Crippen LogP contribution in [-0.4, -0.2) is 12.5 Å². The first-order chi connectivity index (χ1) is 12.8. The van der Waals surface area contributed by atoms with E-state index in [1.54, 1.807) is 0 Å². The van der Waals surface area contributed by atoms with E-state index in [9.17, 15) is 4.79 Å². The first kappa shape index (κ1) is 16.4. The number of nitrogens with one attached hydrogen (secondary N) is 1. The molecule has 1 N–H and O–H groups in total. The van der Waals surface area contributed by atoms with Gasteiger partial charge in [0.2, 0.25) is 5.91 Å². The lowest BCUT2D eigenvalue weighted by Crippen LogP contribution is -2.39. The van der Waals surface area contributed by atoms with Gasteiger partial charge in [-0.25, -0.2) is 0 Å². The summed E-state index contributed by atoms with van der Waals surface area (Å²) in [5, 5.41) is 3.01. The average molecular weight is 343 g/mol. The van der Waals surface area contributed by atoms with Crippen molar-refractivity contribution in [3.8, 4) is 11.5 Å². The van der Waals surface area contributed by atoms with E-state index in [0.29, 0.717) is 0 Å². The lowest BCUT2D eigenvalue weighted by Gasteiger charge is -2.32. The molecule has 0 spiro atoms. The topological polar surface area (TPSA) is 38.3 Å². The van der Waals surface area contributed by atoms with Gasteiger partial charge in [-0.05, 0) is 41.8 Å². The molecule has 1 saturated heterocycles. The van der Waals surface area contributed by atoms with Crippen molar-refractivity contribution in [2.24, 2.45) is 0 Å². The summed E-state index contributed by atoms with van der Waals surface area (Å²) in [6.45, 7) is 0.717. The predicted molar refractivity (Wildman–Crippen MR) is 103 cm³/mol. The van der Waals surface area contributed by atoms with E-state index < -0.39 is 0 Å². The quantitative estimate of drug-likeness (QED) is 0.734. The van der Waals surface area contributed by atoms with Crippen LogP contribution in [0.15, 0.2) is 84.9 Å². The molecule has 0 saturated carbocycles. The summed E-state index contributed by atoms with van der Waals surface area (Å²) in [5.41, 5.74) is 2.24. The molecule has 3 heteroatoms. The molecule has 1 aliphatic rings. The van der Waals surface area contributed by atoms with Gasteiger partial charge in [-0.15, -0.1) is 0 Å². The van der Waals surface area contributed by atoms with Crippen LogP contribution in [0, 0.1) is 0 Å². The van der Waals surface area contributed by atoms with Crippen molar-refractivity contribution in [1.82, 2.24) is 5.32 Å². The molecule has 0 radical (unpaired) electrons. The Bertz CT molecular complexity index is 860. The van der Waals surface area contributed by atoms with Crippen LogP contribution in [0.4, 0.5) is 0 Å². The Labute approximate surface area is 153 Å². The molecule has 1 aliphatic heterocycles. The molecule has 0 aliphatic carbocycles. The largest absolute Gasteiger partial charge is 0.457 e. The number of carbonyl (C=O) groups excluding carboxylic acids is 1. The monoisotopic (exact) mass is 343 g/mol. The second-order valence-corrected chi connectivity index (χ2v) is 6.56. The highest BCUT2D eigenvalue weighted by molar-refractivity contribution is 5.85. The minimum Gasteiger partial charge on any atom is -0.457 e. The Morgan fingerprint density at radius 2 is 1.35 bits per heavy atom. The van der Waals surface area contributed by atoms with E-state index >= 15 is 0 Å². The number of hydrogen-bond donors (Lipinski definition) is 1. The van der Waals surface area contributed by atoms with E-state index in [1.807, 2.05) is 72.8 Å². The van der Waals surface area contributed by atoms with E-state index in [1.165, 1.54) is 5.56 Å². The Morgan fingerprint density at radius 3 is 2.04 bits per heavy atom. The second kappa shape index (κ2) is 7.44. The Balaban J connectivity index is 1.58. The minimum absolute atomic E-state index is 0.108. The predicted octanol–water partition coefficient (Wildman–Crippen LogP) is 4.87. The molecule has 4 rings (SSSR count). The Hall–Kier alpha value is -3.07. The summed E-state index contributed by atoms with van der Waals surface area (Å²) in [4.78, 5) is 12.6. The van der Waals surface area contributed by atoms with E-state index in [-0.39, 0.29) is 17.7 Å². The number of benzene rings is 3. The summed E-state index contributed by atoms with van der Waals surface area (Å²) in [7, 11) is 0. The summed E-state index contributed by atoms with van der Waals surface area (Å²) in [6, 6.07) is 27.9. The van der Waals surface area contributed by atoms with Gasteiger partial charge in [-0.1, -0.05) is 60.7 Å². The third kappa shape index (κ3) is 3.47. The van der Waals surface area contributed by atoms with Crippen molar-refractivity contribution in [1.29, 1.82) is 0 Å². The lowest BCUT2D eigenvalue weighted by molar-refractivity contribution is -0.124. The minimum atomic E-state index is -0.147. The zero-order valence-corrected chi connectivity index (χ0v) is 14.5. The van der Waals surface area contributed by atoms with Gasteiger partial charge in [0.25, 0.3) is 0 Å². The molecule has 0 bridgehead atoms. The summed E-state index contributed by atoms with van der Waals surface area (Å²) in [5.74, 6) is 1.76. The number of piperidine rings is 1. The fourth-order valence-electron chi connectivity index (χ4n) is 3.62. The first-order valence-corrected chi connectivity index (χ1v) is 8.97. The third-order valence-electron chi connectivity index (χ3n) is 4.89. The Morgan fingerprint density at radius 1 is 0.731 bits per heavy atom. The van der Waals surface area contributed by atoms with Crippen LogP contribution in [0.2, 0.25) is 0 Å². The smallest absolute Gasteiger partial charge is 0.228 e. The number of para-hydroxylation sites is 1. The zero-order chi connectivity index (χ0) is 17.8. The van der Waals surface area contributed by atoms with E-state index in [2.05, 4.69) is 17.4 Å². The number of hydrogen-bond acceptors (Lipinski definition) is 2. The maximum Gasteiger partial charge on any atom is 0.228 e. The maximum absolute atomic E-state index is 12.6. The van der Waals surface area contributed by atoms with Gasteiger partial charge >= 0.3 is 0 Å². The zero-order valence-electron chi connectivity index (χ0n) is 14.5. The van der Waals surface area contributed by atoms with Crippen molar-refractivity contribution in [2.45, 2.75) is 18.3 Å². The van der Waals surface area contributed by atoms with Gasteiger partial charge in [-0.3, -0.25) is 4.79 Å². The van der Waals surface area contributed by atoms with E-state index in [0.717, 1.165) is 30.0 Å². The number of rotatable bonds is 4. The standard InChI is InChI=1S/C23H21NO2/c25-23-22(18-7-3-1-4-8-18)21(15-16-24-23)17-11-13-20(14-12-17)26-19-9-5-2-6-10-19/h1-14,21-22H,15-16H2,(H,24,25)/t21-,22-/m1/s1. The molecule has 2 atom stereocenters. The van der Waals surface area contributed by atoms with Gasteiger partial charge in [0, 0.05) is 12.5 Å². The molecule has 0 aromatic heterocycles. The van der Waals surface area contributed by atoms with Crippen LogP contribution in [0.1, 0.15) is 29.4 Å². The fraction of sp³-hybridized carbons (Fsp3) is 0.174. The SMILES string of the molecule is O=C1NCC[C@H](c2ccc(Oc3ccccc3)cc2)[C@H]1c1ccccc1. The number of ether oxygens (including phenoxy) is 1. The summed E-state index contributed by atoms with van der Waals surface area (Å²) in [6.07, 6.45) is 0.935. The third-order valence-corrected chi connectivity index (χ3v) is 4.89. The molecule has 130 valence electrons. The van der Waals surface area contributed by atoms with Crippen LogP contribution >= 0.6 is 0 Å². The van der Waals surface area contributed by atoms with Gasteiger partial charge < -0.3 is 10.1 Å². The normalized spacial score (nSPS) is 19.6. The molecule has 1 amide bonds. The highest BCUT2D eigenvalue weighted by Gasteiger charge is 2.34. The van der Waals surface area contributed by atoms with Gasteiger partial charge in [0.05, 0.1) is 5.92 Å². The molecule has 3 aromatic rings. The molecular weight excluding hydrogens is 322 g/mol. The highest BCUT2D eigenvalue weighted by Crippen LogP contribution is 2.38. The van der Waals surface area contributed by atoms with Crippen LogP contribution in [0.25, 0.3) is 0 Å². The second-order valence-electron chi connectivity index (χ2n) is 6.56. The average Bonchev–Trinajstić information content (AvgIpc) is 2.70. The first-order valence-electron chi connectivity index (χ1n) is 8.97. The molecule has 3 aromatic carbocycles. The maximum atomic E-state index is 12.6. The van der Waals surface area contributed by atoms with Crippen molar-refractivity contribution in [2.75, 3.05) is 6.54 Å². The molecule has 1 fully saturated rings. The summed E-state index contributed by atoms with van der Waals surface area (Å²) >= 11 is 0. The molecule has 0 unspecified atom stereocenters. The van der Waals surface area contributed by atoms with Crippen LogP contribution in [0.5, 0.6) is 11.5 Å². The molecule has 26 heavy (non-hydrogen) atoms. The molecular formula is C23H21NO2. The van der Waals surface area contributed by atoms with Crippen molar-refractivity contribution < 1.29 is 9.53 Å². The fourth-order valence-corrected chi connectivity index (χ4v) is 3.62. The van der Waals surface area contributed by atoms with Crippen molar-refractivity contribution >= 4 is 5.91 Å². The van der Waals surface area contributed by atoms with Crippen molar-refractivity contribution in [3.05, 3.63) is 96.1 Å². The molecule has 1 heterocycles. The van der Waals surface area contributed by atoms with Crippen LogP contribution in [-0.2, 0) is 4.79 Å². The van der Waals surface area contributed by atoms with Gasteiger partial charge in [-0.2, -0.15) is 0 Å². The number of amides is 1. The summed E-state index contributed by atoms with van der Waals surface area (Å²) < 4.78 is 5.87. The van der Waals surface area contributed by atoms with Crippen LogP contribution < -0.4 is 10.1 Å². The van der Waals surface area contributed by atoms with Gasteiger partial charge in [0.15, 0.2) is 0 Å².